The maximum Gasteiger partial charge on any atom is 0.255 e. The number of hydrogen-bond acceptors (Lipinski definition) is 4. The van der Waals surface area contributed by atoms with Gasteiger partial charge in [-0.15, -0.1) is 0 Å². The molecule has 6 nitrogen and oxygen atoms in total. The molecule has 1 amide bonds. The van der Waals surface area contributed by atoms with Gasteiger partial charge in [-0.25, -0.2) is 8.42 Å². The zero-order valence-corrected chi connectivity index (χ0v) is 15.9. The van der Waals surface area contributed by atoms with E-state index in [4.69, 9.17) is 23.2 Å². The van der Waals surface area contributed by atoms with Crippen molar-refractivity contribution in [2.24, 2.45) is 0 Å². The van der Waals surface area contributed by atoms with E-state index in [0.29, 0.717) is 13.1 Å². The summed E-state index contributed by atoms with van der Waals surface area (Å²) in [6.07, 6.45) is 1.63. The lowest BCUT2D eigenvalue weighted by Crippen LogP contribution is -2.28. The number of phenolic OH excluding ortho intramolecular Hbond substituents is 1. The van der Waals surface area contributed by atoms with Gasteiger partial charge in [0.1, 0.15) is 5.75 Å². The van der Waals surface area contributed by atoms with E-state index in [1.807, 2.05) is 0 Å². The number of hydrogen-bond donors (Lipinski definition) is 2. The molecule has 3 rings (SSSR count). The molecule has 1 fully saturated rings. The molecule has 1 aliphatic rings. The number of carbonyl (C=O) groups is 1. The first-order chi connectivity index (χ1) is 12.3. The van der Waals surface area contributed by atoms with Gasteiger partial charge >= 0.3 is 0 Å². The summed E-state index contributed by atoms with van der Waals surface area (Å²) in [5.41, 5.74) is 0.182. The van der Waals surface area contributed by atoms with Crippen molar-refractivity contribution >= 4 is 44.8 Å². The molecule has 1 heterocycles. The third-order valence-electron chi connectivity index (χ3n) is 4.04. The lowest BCUT2D eigenvalue weighted by molar-refractivity contribution is 0.102. The molecule has 0 radical (unpaired) electrons. The normalized spacial score (nSPS) is 15.2. The van der Waals surface area contributed by atoms with E-state index < -0.39 is 15.9 Å². The molecular formula is C17H16Cl2N2O4S. The molecular weight excluding hydrogens is 399 g/mol. The molecule has 0 bridgehead atoms. The van der Waals surface area contributed by atoms with Crippen LogP contribution in [0.2, 0.25) is 10.0 Å². The molecule has 138 valence electrons. The van der Waals surface area contributed by atoms with E-state index in [0.717, 1.165) is 12.8 Å². The largest absolute Gasteiger partial charge is 0.506 e. The second-order valence-corrected chi connectivity index (χ2v) is 8.71. The molecule has 0 atom stereocenters. The predicted octanol–water partition coefficient (Wildman–Crippen LogP) is 3.74. The smallest absolute Gasteiger partial charge is 0.255 e. The van der Waals surface area contributed by atoms with Crippen molar-refractivity contribution < 1.29 is 18.3 Å². The molecule has 0 saturated carbocycles. The predicted molar refractivity (Wildman–Crippen MR) is 101 cm³/mol. The summed E-state index contributed by atoms with van der Waals surface area (Å²) >= 11 is 11.8. The van der Waals surface area contributed by atoms with Gasteiger partial charge in [0, 0.05) is 28.7 Å². The molecule has 0 aromatic heterocycles. The molecule has 2 N–H and O–H groups in total. The zero-order chi connectivity index (χ0) is 18.9. The fourth-order valence-electron chi connectivity index (χ4n) is 2.73. The van der Waals surface area contributed by atoms with Crippen LogP contribution in [-0.4, -0.2) is 36.8 Å². The highest BCUT2D eigenvalue weighted by atomic mass is 35.5. The number of aromatic hydroxyl groups is 1. The minimum atomic E-state index is -3.66. The fourth-order valence-corrected chi connectivity index (χ4v) is 4.80. The average Bonchev–Trinajstić information content (AvgIpc) is 3.11. The first-order valence-electron chi connectivity index (χ1n) is 7.88. The van der Waals surface area contributed by atoms with Crippen LogP contribution in [0.25, 0.3) is 0 Å². The summed E-state index contributed by atoms with van der Waals surface area (Å²) in [7, 11) is -3.66. The van der Waals surface area contributed by atoms with Gasteiger partial charge in [0.2, 0.25) is 10.0 Å². The highest BCUT2D eigenvalue weighted by Gasteiger charge is 2.28. The Hall–Kier alpha value is -1.80. The number of carbonyl (C=O) groups excluding carboxylic acids is 1. The number of halogens is 2. The van der Waals surface area contributed by atoms with Gasteiger partial charge in [0.05, 0.1) is 10.6 Å². The quantitative estimate of drug-likeness (QED) is 0.745. The SMILES string of the molecule is O=C(Nc1cc(S(=O)(=O)N2CCCC2)ccc1O)c1cc(Cl)cc(Cl)c1. The number of nitrogens with zero attached hydrogens (tertiary/aromatic N) is 1. The van der Waals surface area contributed by atoms with Crippen LogP contribution in [0.15, 0.2) is 41.3 Å². The second kappa shape index (κ2) is 7.44. The zero-order valence-electron chi connectivity index (χ0n) is 13.6. The first kappa shape index (κ1) is 19.0. The highest BCUT2D eigenvalue weighted by Crippen LogP contribution is 2.30. The van der Waals surface area contributed by atoms with Crippen molar-refractivity contribution in [2.75, 3.05) is 18.4 Å². The minimum absolute atomic E-state index is 0.00799. The molecule has 9 heteroatoms. The van der Waals surface area contributed by atoms with Gasteiger partial charge < -0.3 is 10.4 Å². The van der Waals surface area contributed by atoms with E-state index >= 15 is 0 Å². The van der Waals surface area contributed by atoms with Crippen LogP contribution in [0.3, 0.4) is 0 Å². The molecule has 2 aromatic rings. The van der Waals surface area contributed by atoms with Gasteiger partial charge in [0.25, 0.3) is 5.91 Å². The number of rotatable bonds is 4. The molecule has 2 aromatic carbocycles. The molecule has 1 aliphatic heterocycles. The summed E-state index contributed by atoms with van der Waals surface area (Å²) in [6.45, 7) is 0.928. The van der Waals surface area contributed by atoms with E-state index in [2.05, 4.69) is 5.32 Å². The van der Waals surface area contributed by atoms with E-state index in [1.165, 1.54) is 40.7 Å². The van der Waals surface area contributed by atoms with Crippen LogP contribution < -0.4 is 5.32 Å². The number of phenols is 1. The maximum absolute atomic E-state index is 12.6. The highest BCUT2D eigenvalue weighted by molar-refractivity contribution is 7.89. The summed E-state index contributed by atoms with van der Waals surface area (Å²) in [4.78, 5) is 12.4. The van der Waals surface area contributed by atoms with Crippen LogP contribution in [0.5, 0.6) is 5.75 Å². The lowest BCUT2D eigenvalue weighted by Gasteiger charge is -2.16. The van der Waals surface area contributed by atoms with Crippen LogP contribution in [0.1, 0.15) is 23.2 Å². The van der Waals surface area contributed by atoms with Crippen molar-refractivity contribution in [1.29, 1.82) is 0 Å². The minimum Gasteiger partial charge on any atom is -0.506 e. The number of nitrogens with one attached hydrogen (secondary N) is 1. The van der Waals surface area contributed by atoms with Gasteiger partial charge in [-0.05, 0) is 49.2 Å². The number of sulfonamides is 1. The first-order valence-corrected chi connectivity index (χ1v) is 10.1. The van der Waals surface area contributed by atoms with Crippen LogP contribution >= 0.6 is 23.2 Å². The number of anilines is 1. The topological polar surface area (TPSA) is 86.7 Å². The molecule has 0 aliphatic carbocycles. The van der Waals surface area contributed by atoms with Crippen LogP contribution in [0, 0.1) is 0 Å². The standard InChI is InChI=1S/C17H16Cl2N2O4S/c18-12-7-11(8-13(19)9-12)17(23)20-15-10-14(3-4-16(15)22)26(24,25)21-5-1-2-6-21/h3-4,7-10,22H,1-2,5-6H2,(H,20,23). The van der Waals surface area contributed by atoms with Crippen molar-refractivity contribution in [3.05, 3.63) is 52.0 Å². The van der Waals surface area contributed by atoms with Crippen molar-refractivity contribution in [2.45, 2.75) is 17.7 Å². The monoisotopic (exact) mass is 414 g/mol. The van der Waals surface area contributed by atoms with E-state index in [9.17, 15) is 18.3 Å². The van der Waals surface area contributed by atoms with E-state index in [-0.39, 0.29) is 31.9 Å². The van der Waals surface area contributed by atoms with Gasteiger partial charge in [-0.1, -0.05) is 23.2 Å². The fraction of sp³-hybridized carbons (Fsp3) is 0.235. The third-order valence-corrected chi connectivity index (χ3v) is 6.37. The van der Waals surface area contributed by atoms with Gasteiger partial charge in [-0.2, -0.15) is 4.31 Å². The number of amides is 1. The Morgan fingerprint density at radius 3 is 2.27 bits per heavy atom. The summed E-state index contributed by atoms with van der Waals surface area (Å²) in [5, 5.41) is 13.1. The Kier molecular flexibility index (Phi) is 5.43. The molecule has 1 saturated heterocycles. The van der Waals surface area contributed by atoms with E-state index in [1.54, 1.807) is 0 Å². The lowest BCUT2D eigenvalue weighted by atomic mass is 10.2. The summed E-state index contributed by atoms with van der Waals surface area (Å²) in [5.74, 6) is -0.813. The summed E-state index contributed by atoms with van der Waals surface area (Å²) in [6, 6.07) is 8.13. The van der Waals surface area contributed by atoms with Gasteiger partial charge in [-0.3, -0.25) is 4.79 Å². The Labute approximate surface area is 161 Å². The third kappa shape index (κ3) is 3.96. The van der Waals surface area contributed by atoms with Crippen molar-refractivity contribution in [1.82, 2.24) is 4.31 Å². The van der Waals surface area contributed by atoms with Crippen molar-refractivity contribution in [3.8, 4) is 5.75 Å². The molecule has 26 heavy (non-hydrogen) atoms. The average molecular weight is 415 g/mol. The van der Waals surface area contributed by atoms with Crippen LogP contribution in [-0.2, 0) is 10.0 Å². The van der Waals surface area contributed by atoms with Gasteiger partial charge in [0.15, 0.2) is 0 Å². The Balaban J connectivity index is 1.89. The molecule has 0 spiro atoms. The van der Waals surface area contributed by atoms with Crippen molar-refractivity contribution in [3.63, 3.8) is 0 Å². The Bertz CT molecular complexity index is 937. The Morgan fingerprint density at radius 2 is 1.65 bits per heavy atom. The van der Waals surface area contributed by atoms with Crippen LogP contribution in [0.4, 0.5) is 5.69 Å². The summed E-state index contributed by atoms with van der Waals surface area (Å²) < 4.78 is 26.7. The Morgan fingerprint density at radius 1 is 1.04 bits per heavy atom. The molecule has 0 unspecified atom stereocenters. The number of benzene rings is 2. The second-order valence-electron chi connectivity index (χ2n) is 5.90. The maximum atomic E-state index is 12.6.